The van der Waals surface area contributed by atoms with Crippen molar-refractivity contribution in [2.24, 2.45) is 0 Å². The first kappa shape index (κ1) is 17.1. The molecular formula is C17H26N6. The van der Waals surface area contributed by atoms with Gasteiger partial charge in [-0.1, -0.05) is 17.7 Å². The van der Waals surface area contributed by atoms with E-state index in [-0.39, 0.29) is 0 Å². The minimum Gasteiger partial charge on any atom is -0.369 e. The van der Waals surface area contributed by atoms with Crippen molar-refractivity contribution in [3.8, 4) is 0 Å². The van der Waals surface area contributed by atoms with E-state index in [1.54, 1.807) is 6.20 Å². The molecule has 6 nitrogen and oxygen atoms in total. The van der Waals surface area contributed by atoms with Gasteiger partial charge in [-0.05, 0) is 59.0 Å². The Morgan fingerprint density at radius 3 is 2.43 bits per heavy atom. The fourth-order valence-electron chi connectivity index (χ4n) is 2.54. The van der Waals surface area contributed by atoms with Crippen molar-refractivity contribution in [3.05, 3.63) is 35.0 Å². The molecule has 124 valence electrons. The smallest absolute Gasteiger partial charge is 0.249 e. The van der Waals surface area contributed by atoms with Crippen molar-refractivity contribution < 1.29 is 0 Å². The van der Waals surface area contributed by atoms with E-state index in [0.717, 1.165) is 31.0 Å². The Kier molecular flexibility index (Phi) is 5.87. The number of nitrogens with one attached hydrogen (secondary N) is 2. The van der Waals surface area contributed by atoms with Gasteiger partial charge in [0, 0.05) is 12.2 Å². The highest BCUT2D eigenvalue weighted by atomic mass is 15.3. The lowest BCUT2D eigenvalue weighted by molar-refractivity contribution is 0.405. The summed E-state index contributed by atoms with van der Waals surface area (Å²) in [5.41, 5.74) is 4.65. The number of anilines is 3. The summed E-state index contributed by atoms with van der Waals surface area (Å²) in [5.74, 6) is 1.25. The molecule has 6 heteroatoms. The lowest BCUT2D eigenvalue weighted by atomic mass is 10.1. The highest BCUT2D eigenvalue weighted by Crippen LogP contribution is 2.24. The Morgan fingerprint density at radius 2 is 1.78 bits per heavy atom. The number of aromatic nitrogens is 3. The van der Waals surface area contributed by atoms with Crippen LogP contribution in [0.5, 0.6) is 0 Å². The molecule has 2 aromatic rings. The fraction of sp³-hybridized carbons (Fsp3) is 0.471. The molecule has 0 atom stereocenters. The quantitative estimate of drug-likeness (QED) is 0.766. The normalized spacial score (nSPS) is 10.9. The molecule has 1 aromatic carbocycles. The molecule has 0 unspecified atom stereocenters. The van der Waals surface area contributed by atoms with Crippen molar-refractivity contribution in [2.75, 3.05) is 37.8 Å². The summed E-state index contributed by atoms with van der Waals surface area (Å²) < 4.78 is 0. The molecule has 0 radical (unpaired) electrons. The number of hydrogen-bond acceptors (Lipinski definition) is 6. The van der Waals surface area contributed by atoms with E-state index < -0.39 is 0 Å². The Morgan fingerprint density at radius 1 is 1.09 bits per heavy atom. The van der Waals surface area contributed by atoms with Gasteiger partial charge < -0.3 is 15.5 Å². The molecule has 0 aliphatic rings. The van der Waals surface area contributed by atoms with Crippen molar-refractivity contribution in [1.29, 1.82) is 0 Å². The largest absolute Gasteiger partial charge is 0.369 e. The van der Waals surface area contributed by atoms with Crippen LogP contribution in [0.4, 0.5) is 17.5 Å². The van der Waals surface area contributed by atoms with Crippen LogP contribution in [0.15, 0.2) is 18.3 Å². The second kappa shape index (κ2) is 7.87. The van der Waals surface area contributed by atoms with E-state index in [1.165, 1.54) is 16.7 Å². The summed E-state index contributed by atoms with van der Waals surface area (Å²) in [6.07, 6.45) is 2.70. The van der Waals surface area contributed by atoms with Gasteiger partial charge in [-0.3, -0.25) is 0 Å². The van der Waals surface area contributed by atoms with Gasteiger partial charge in [0.2, 0.25) is 5.95 Å². The standard InChI is InChI=1S/C17H26N6/c1-12-9-13(2)16(14(3)10-12)21-17-20-15(11-19-22-17)18-7-6-8-23(4)5/h9-11H,6-8H2,1-5H3,(H2,18,20,21,22). The number of rotatable bonds is 7. The summed E-state index contributed by atoms with van der Waals surface area (Å²) in [5, 5.41) is 14.7. The van der Waals surface area contributed by atoms with Crippen molar-refractivity contribution in [3.63, 3.8) is 0 Å². The van der Waals surface area contributed by atoms with E-state index in [2.05, 4.69) is 77.7 Å². The van der Waals surface area contributed by atoms with Gasteiger partial charge in [0.1, 0.15) is 0 Å². The molecule has 0 spiro atoms. The van der Waals surface area contributed by atoms with E-state index in [1.807, 2.05) is 0 Å². The summed E-state index contributed by atoms with van der Waals surface area (Å²) >= 11 is 0. The first-order valence-corrected chi connectivity index (χ1v) is 7.89. The molecule has 0 fully saturated rings. The van der Waals surface area contributed by atoms with Crippen molar-refractivity contribution >= 4 is 17.5 Å². The molecule has 23 heavy (non-hydrogen) atoms. The van der Waals surface area contributed by atoms with Gasteiger partial charge in [0.25, 0.3) is 0 Å². The van der Waals surface area contributed by atoms with Crippen LogP contribution in [0.2, 0.25) is 0 Å². The number of benzene rings is 1. The predicted octanol–water partition coefficient (Wildman–Crippen LogP) is 2.90. The Bertz CT molecular complexity index is 630. The number of hydrogen-bond donors (Lipinski definition) is 2. The predicted molar refractivity (Wildman–Crippen MR) is 95.4 cm³/mol. The maximum atomic E-state index is 4.48. The Balaban J connectivity index is 2.03. The van der Waals surface area contributed by atoms with Crippen LogP contribution in [0, 0.1) is 20.8 Å². The van der Waals surface area contributed by atoms with Gasteiger partial charge in [-0.2, -0.15) is 10.1 Å². The minimum absolute atomic E-state index is 0.512. The summed E-state index contributed by atoms with van der Waals surface area (Å²) in [4.78, 5) is 6.64. The second-order valence-electron chi connectivity index (χ2n) is 6.15. The molecule has 0 saturated heterocycles. The molecule has 1 aromatic heterocycles. The molecule has 1 heterocycles. The zero-order valence-corrected chi connectivity index (χ0v) is 14.6. The molecule has 0 aliphatic carbocycles. The molecule has 2 rings (SSSR count). The van der Waals surface area contributed by atoms with Crippen molar-refractivity contribution in [2.45, 2.75) is 27.2 Å². The van der Waals surface area contributed by atoms with E-state index in [4.69, 9.17) is 0 Å². The molecule has 0 amide bonds. The van der Waals surface area contributed by atoms with Crippen LogP contribution in [0.3, 0.4) is 0 Å². The van der Waals surface area contributed by atoms with Crippen LogP contribution in [-0.4, -0.2) is 47.3 Å². The highest BCUT2D eigenvalue weighted by molar-refractivity contribution is 5.64. The zero-order valence-electron chi connectivity index (χ0n) is 14.6. The van der Waals surface area contributed by atoms with Crippen LogP contribution in [-0.2, 0) is 0 Å². The SMILES string of the molecule is Cc1cc(C)c(Nc2nncc(NCCCN(C)C)n2)c(C)c1. The third kappa shape index (κ3) is 5.17. The Hall–Kier alpha value is -2.21. The maximum Gasteiger partial charge on any atom is 0.249 e. The lowest BCUT2D eigenvalue weighted by Gasteiger charge is -2.13. The Labute approximate surface area is 138 Å². The number of nitrogens with zero attached hydrogens (tertiary/aromatic N) is 4. The molecule has 0 saturated carbocycles. The molecular weight excluding hydrogens is 288 g/mol. The average Bonchev–Trinajstić information content (AvgIpc) is 2.48. The third-order valence-electron chi connectivity index (χ3n) is 3.56. The van der Waals surface area contributed by atoms with Crippen LogP contribution in [0.25, 0.3) is 0 Å². The second-order valence-corrected chi connectivity index (χ2v) is 6.15. The van der Waals surface area contributed by atoms with E-state index in [9.17, 15) is 0 Å². The summed E-state index contributed by atoms with van der Waals surface area (Å²) in [7, 11) is 4.14. The third-order valence-corrected chi connectivity index (χ3v) is 3.56. The first-order chi connectivity index (χ1) is 11.0. The fourth-order valence-corrected chi connectivity index (χ4v) is 2.54. The highest BCUT2D eigenvalue weighted by Gasteiger charge is 2.07. The molecule has 0 aliphatic heterocycles. The average molecular weight is 314 g/mol. The van der Waals surface area contributed by atoms with E-state index in [0.29, 0.717) is 5.95 Å². The minimum atomic E-state index is 0.512. The van der Waals surface area contributed by atoms with Gasteiger partial charge in [0.05, 0.1) is 6.20 Å². The van der Waals surface area contributed by atoms with Crippen LogP contribution in [0.1, 0.15) is 23.1 Å². The summed E-state index contributed by atoms with van der Waals surface area (Å²) in [6.45, 7) is 8.16. The van der Waals surface area contributed by atoms with Gasteiger partial charge >= 0.3 is 0 Å². The van der Waals surface area contributed by atoms with Crippen LogP contribution < -0.4 is 10.6 Å². The maximum absolute atomic E-state index is 4.48. The van der Waals surface area contributed by atoms with Gasteiger partial charge in [-0.25, -0.2) is 0 Å². The monoisotopic (exact) mass is 314 g/mol. The lowest BCUT2D eigenvalue weighted by Crippen LogP contribution is -2.17. The van der Waals surface area contributed by atoms with Crippen LogP contribution >= 0.6 is 0 Å². The number of aryl methyl sites for hydroxylation is 3. The first-order valence-electron chi connectivity index (χ1n) is 7.89. The molecule has 0 bridgehead atoms. The van der Waals surface area contributed by atoms with Gasteiger partial charge in [0.15, 0.2) is 5.82 Å². The topological polar surface area (TPSA) is 66.0 Å². The molecule has 2 N–H and O–H groups in total. The van der Waals surface area contributed by atoms with Gasteiger partial charge in [-0.15, -0.1) is 5.10 Å². The van der Waals surface area contributed by atoms with E-state index >= 15 is 0 Å². The zero-order chi connectivity index (χ0) is 16.8. The van der Waals surface area contributed by atoms with Crippen molar-refractivity contribution in [1.82, 2.24) is 20.1 Å². The summed E-state index contributed by atoms with van der Waals surface area (Å²) in [6, 6.07) is 4.29.